The summed E-state index contributed by atoms with van der Waals surface area (Å²) < 4.78 is 0. The van der Waals surface area contributed by atoms with Crippen molar-refractivity contribution >= 4 is 136 Å². The van der Waals surface area contributed by atoms with Crippen LogP contribution in [-0.4, -0.2) is 0 Å². The lowest BCUT2D eigenvalue weighted by atomic mass is 10.0. The van der Waals surface area contributed by atoms with Crippen LogP contribution in [0.5, 0.6) is 0 Å². The summed E-state index contributed by atoms with van der Waals surface area (Å²) in [7, 11) is 0. The third-order valence-electron chi connectivity index (χ3n) is 21.6. The van der Waals surface area contributed by atoms with Crippen molar-refractivity contribution in [2.24, 2.45) is 0 Å². The van der Waals surface area contributed by atoms with Crippen molar-refractivity contribution in [2.45, 2.75) is 20.3 Å². The van der Waals surface area contributed by atoms with Crippen molar-refractivity contribution in [2.75, 3.05) is 39.2 Å². The van der Waals surface area contributed by atoms with Crippen LogP contribution in [0.1, 0.15) is 22.3 Å². The van der Waals surface area contributed by atoms with Gasteiger partial charge in [0.15, 0.2) is 0 Å². The molecule has 18 aromatic rings. The van der Waals surface area contributed by atoms with Gasteiger partial charge in [-0.1, -0.05) is 194 Å². The van der Waals surface area contributed by atoms with Gasteiger partial charge in [0.1, 0.15) is 0 Å². The van der Waals surface area contributed by atoms with E-state index in [1.54, 1.807) is 0 Å². The van der Waals surface area contributed by atoms with Crippen molar-refractivity contribution < 1.29 is 0 Å². The number of nitrogens with zero attached hydrogens (tertiary/aromatic N) is 8. The summed E-state index contributed by atoms with van der Waals surface area (Å²) in [6.07, 6.45) is 0.703. The maximum absolute atomic E-state index is 2.37. The minimum Gasteiger partial charge on any atom is -0.311 e. The zero-order valence-electron chi connectivity index (χ0n) is 66.5. The molecular weight excluding hydrogens is 1450 g/mol. The highest BCUT2D eigenvalue weighted by Crippen LogP contribution is 2.47. The summed E-state index contributed by atoms with van der Waals surface area (Å²) in [5.41, 5.74) is 30.2. The summed E-state index contributed by atoms with van der Waals surface area (Å²) >= 11 is 0. The van der Waals surface area contributed by atoms with E-state index >= 15 is 0 Å². The van der Waals surface area contributed by atoms with Crippen LogP contribution < -0.4 is 39.2 Å². The van der Waals surface area contributed by atoms with Gasteiger partial charge in [0.05, 0.1) is 0 Å². The van der Waals surface area contributed by atoms with E-state index in [9.17, 15) is 0 Å². The molecule has 0 saturated carbocycles. The number of rotatable bonds is 26. The van der Waals surface area contributed by atoms with Crippen LogP contribution >= 0.6 is 0 Å². The van der Waals surface area contributed by atoms with Gasteiger partial charge in [0.2, 0.25) is 0 Å². The Bertz CT molecular complexity index is 5970. The van der Waals surface area contributed by atoms with Gasteiger partial charge in [0, 0.05) is 136 Å². The second kappa shape index (κ2) is 35.0. The molecule has 572 valence electrons. The number of hydrogen-bond donors (Lipinski definition) is 0. The van der Waals surface area contributed by atoms with Crippen molar-refractivity contribution in [1.29, 1.82) is 0 Å². The van der Waals surface area contributed by atoms with Crippen LogP contribution in [0.15, 0.2) is 485 Å². The molecule has 0 spiro atoms. The van der Waals surface area contributed by atoms with Crippen molar-refractivity contribution in [1.82, 2.24) is 0 Å². The normalized spacial score (nSPS) is 11.0. The Morgan fingerprint density at radius 3 is 0.403 bits per heavy atom. The van der Waals surface area contributed by atoms with Gasteiger partial charge in [-0.15, -0.1) is 0 Å². The Kier molecular flexibility index (Phi) is 22.0. The summed E-state index contributed by atoms with van der Waals surface area (Å²) in [5.74, 6) is 0. The van der Waals surface area contributed by atoms with Crippen LogP contribution in [0.3, 0.4) is 0 Å². The highest BCUT2D eigenvalue weighted by molar-refractivity contribution is 5.89. The Morgan fingerprint density at radius 2 is 0.244 bits per heavy atom. The highest BCUT2D eigenvalue weighted by atomic mass is 15.2. The summed E-state index contributed by atoms with van der Waals surface area (Å²) in [6.45, 7) is 4.30. The average Bonchev–Trinajstić information content (AvgIpc) is 0.780. The molecule has 0 heterocycles. The topological polar surface area (TPSA) is 25.9 Å². The molecule has 8 heteroatoms. The van der Waals surface area contributed by atoms with Gasteiger partial charge in [-0.2, -0.15) is 0 Å². The lowest BCUT2D eigenvalue weighted by Crippen LogP contribution is -2.14. The van der Waals surface area contributed by atoms with Gasteiger partial charge >= 0.3 is 0 Å². The molecule has 0 saturated heterocycles. The molecule has 0 aliphatic rings. The molecule has 0 aromatic heterocycles. The van der Waals surface area contributed by atoms with Crippen molar-refractivity contribution in [3.05, 3.63) is 508 Å². The first-order chi connectivity index (χ1) is 58.8. The van der Waals surface area contributed by atoms with Crippen LogP contribution in [0.4, 0.5) is 136 Å². The molecule has 119 heavy (non-hydrogen) atoms. The smallest absolute Gasteiger partial charge is 0.0464 e. The van der Waals surface area contributed by atoms with Crippen LogP contribution in [0, 0.1) is 13.8 Å². The van der Waals surface area contributed by atoms with Gasteiger partial charge in [-0.3, -0.25) is 0 Å². The first-order valence-electron chi connectivity index (χ1n) is 40.6. The summed E-state index contributed by atoms with van der Waals surface area (Å²) in [5, 5.41) is 0. The van der Waals surface area contributed by atoms with E-state index in [2.05, 4.69) is 538 Å². The van der Waals surface area contributed by atoms with E-state index in [1.165, 1.54) is 22.3 Å². The Morgan fingerprint density at radius 1 is 0.118 bits per heavy atom. The van der Waals surface area contributed by atoms with Crippen LogP contribution in [0.2, 0.25) is 0 Å². The lowest BCUT2D eigenvalue weighted by molar-refractivity contribution is 1.17. The van der Waals surface area contributed by atoms with E-state index in [-0.39, 0.29) is 0 Å². The zero-order chi connectivity index (χ0) is 80.1. The minimum atomic E-state index is 0.703. The molecule has 18 rings (SSSR count). The quantitative estimate of drug-likeness (QED) is 0.0529. The third-order valence-corrected chi connectivity index (χ3v) is 21.6. The summed E-state index contributed by atoms with van der Waals surface area (Å²) in [4.78, 5) is 18.7. The van der Waals surface area contributed by atoms with E-state index in [0.29, 0.717) is 6.42 Å². The molecule has 0 atom stereocenters. The van der Waals surface area contributed by atoms with Crippen molar-refractivity contribution in [3.63, 3.8) is 0 Å². The molecule has 0 radical (unpaired) electrons. The predicted octanol–water partition coefficient (Wildman–Crippen LogP) is 31.7. The van der Waals surface area contributed by atoms with Gasteiger partial charge in [-0.05, 0) is 334 Å². The first kappa shape index (κ1) is 74.8. The van der Waals surface area contributed by atoms with E-state index in [4.69, 9.17) is 0 Å². The Balaban J connectivity index is 0.662. The largest absolute Gasteiger partial charge is 0.311 e. The third kappa shape index (κ3) is 16.7. The standard InChI is InChI=1S/C111H88N8/c1-84-31-27-51-108(79-84)116(92-43-19-7-20-44-92)104-71-63-100(64-72-104)115(101-65-73-105(74-66-101)117(93-45-21-8-22-46-93)109-52-28-32-85(2)80-109)103-69-77-107(78-70-103)119(95-49-25-10-26-50-95)111-54-30-34-87(83-111)81-86-33-29-53-110(82-86)118(94-47-23-9-24-48-94)106-75-67-102(68-76-106)114(98-59-55-96(56-60-98)112(88-35-11-3-12-36-88)89-37-13-4-14-38-89)99-61-57-97(58-62-99)113(90-39-15-5-16-40-90)91-41-17-6-18-42-91/h3-80,82-83H,81H2,1-2H3. The SMILES string of the molecule is Cc1cccc(N(c2ccccc2)c2ccc(N(c3ccc(N(c4ccccc4)c4cccc(C)c4)cc3)c3ccc(N(c4ccccc4)c4cccc(Cc5cccc(N(c6ccccc6)c6ccc(N(c7ccc(N(c8ccccc8)c8ccccc8)cc7)c7ccc(N(c8ccccc8)c8ccccc8)cc7)cc6)c5)c4)cc3)cc2)c1. The fraction of sp³-hybridized carbons (Fsp3) is 0.0270. The number of anilines is 24. The van der Waals surface area contributed by atoms with Gasteiger partial charge < -0.3 is 39.2 Å². The number of aryl methyl sites for hydroxylation is 2. The summed E-state index contributed by atoms with van der Waals surface area (Å²) in [6, 6.07) is 174. The minimum absolute atomic E-state index is 0.703. The average molecular weight is 1530 g/mol. The molecule has 8 nitrogen and oxygen atoms in total. The fourth-order valence-electron chi connectivity index (χ4n) is 16.1. The fourth-order valence-corrected chi connectivity index (χ4v) is 16.1. The predicted molar refractivity (Wildman–Crippen MR) is 503 cm³/mol. The molecule has 18 aromatic carbocycles. The molecule has 0 bridgehead atoms. The zero-order valence-corrected chi connectivity index (χ0v) is 66.5. The van der Waals surface area contributed by atoms with Gasteiger partial charge in [0.25, 0.3) is 0 Å². The maximum atomic E-state index is 2.37. The molecule has 0 N–H and O–H groups in total. The molecule has 0 amide bonds. The molecule has 0 aliphatic heterocycles. The second-order valence-corrected chi connectivity index (χ2v) is 29.7. The highest BCUT2D eigenvalue weighted by Gasteiger charge is 2.24. The van der Waals surface area contributed by atoms with Gasteiger partial charge in [-0.25, -0.2) is 0 Å². The Labute approximate surface area is 699 Å². The molecule has 0 unspecified atom stereocenters. The second-order valence-electron chi connectivity index (χ2n) is 29.7. The lowest BCUT2D eigenvalue weighted by Gasteiger charge is -2.30. The Hall–Kier alpha value is -15.6. The monoisotopic (exact) mass is 1530 g/mol. The number of benzene rings is 18. The number of para-hydroxylation sites is 8. The van der Waals surface area contributed by atoms with Crippen molar-refractivity contribution in [3.8, 4) is 0 Å². The van der Waals surface area contributed by atoms with Crippen LogP contribution in [-0.2, 0) is 6.42 Å². The number of hydrogen-bond acceptors (Lipinski definition) is 8. The van der Waals surface area contributed by atoms with Crippen LogP contribution in [0.25, 0.3) is 0 Å². The molecular formula is C111H88N8. The van der Waals surface area contributed by atoms with E-state index in [0.717, 1.165) is 136 Å². The first-order valence-corrected chi connectivity index (χ1v) is 40.6. The van der Waals surface area contributed by atoms with E-state index in [1.807, 2.05) is 0 Å². The van der Waals surface area contributed by atoms with E-state index < -0.39 is 0 Å². The maximum Gasteiger partial charge on any atom is 0.0464 e. The molecule has 0 aliphatic carbocycles. The molecule has 0 fully saturated rings.